The number of ether oxygens (including phenoxy) is 2. The highest BCUT2D eigenvalue weighted by molar-refractivity contribution is 5.82. The molecule has 17 heavy (non-hydrogen) atoms. The standard InChI is InChI=1S/C13H17NO3/c1-13(2,3)14-12(15)11-8-16-9-6-4-5-7-10(9)17-11/h4-7,11H,8H2,1-3H3,(H,14,15)/t11-/m1/s1. The van der Waals surface area contributed by atoms with Crippen LogP contribution in [0.5, 0.6) is 11.5 Å². The van der Waals surface area contributed by atoms with Gasteiger partial charge in [0, 0.05) is 5.54 Å². The third-order valence-electron chi connectivity index (χ3n) is 2.30. The number of carbonyl (C=O) groups excluding carboxylic acids is 1. The number of hydrogen-bond acceptors (Lipinski definition) is 3. The molecule has 1 aromatic carbocycles. The van der Waals surface area contributed by atoms with Gasteiger partial charge in [0.05, 0.1) is 0 Å². The smallest absolute Gasteiger partial charge is 0.265 e. The Kier molecular flexibility index (Phi) is 2.96. The minimum Gasteiger partial charge on any atom is -0.485 e. The van der Waals surface area contributed by atoms with Gasteiger partial charge in [-0.1, -0.05) is 12.1 Å². The fraction of sp³-hybridized carbons (Fsp3) is 0.462. The van der Waals surface area contributed by atoms with E-state index in [0.29, 0.717) is 11.5 Å². The molecule has 1 aromatic rings. The third-order valence-corrected chi connectivity index (χ3v) is 2.30. The zero-order chi connectivity index (χ0) is 12.5. The number of hydrogen-bond donors (Lipinski definition) is 1. The summed E-state index contributed by atoms with van der Waals surface area (Å²) >= 11 is 0. The first-order chi connectivity index (χ1) is 7.96. The highest BCUT2D eigenvalue weighted by Crippen LogP contribution is 2.30. The molecule has 2 rings (SSSR count). The first kappa shape index (κ1) is 11.8. The Balaban J connectivity index is 2.05. The summed E-state index contributed by atoms with van der Waals surface area (Å²) < 4.78 is 11.1. The van der Waals surface area contributed by atoms with Gasteiger partial charge >= 0.3 is 0 Å². The lowest BCUT2D eigenvalue weighted by atomic mass is 10.1. The molecule has 0 bridgehead atoms. The number of fused-ring (bicyclic) bond motifs is 1. The van der Waals surface area contributed by atoms with Crippen molar-refractivity contribution >= 4 is 5.91 Å². The molecule has 0 spiro atoms. The van der Waals surface area contributed by atoms with Crippen molar-refractivity contribution in [2.24, 2.45) is 0 Å². The number of nitrogens with one attached hydrogen (secondary N) is 1. The van der Waals surface area contributed by atoms with Crippen molar-refractivity contribution in [3.05, 3.63) is 24.3 Å². The van der Waals surface area contributed by atoms with Crippen LogP contribution in [0, 0.1) is 0 Å². The van der Waals surface area contributed by atoms with E-state index >= 15 is 0 Å². The second kappa shape index (κ2) is 4.28. The lowest BCUT2D eigenvalue weighted by molar-refractivity contribution is -0.131. The van der Waals surface area contributed by atoms with E-state index in [1.807, 2.05) is 39.0 Å². The molecule has 0 radical (unpaired) electrons. The third kappa shape index (κ3) is 2.90. The van der Waals surface area contributed by atoms with E-state index in [-0.39, 0.29) is 18.1 Å². The predicted octanol–water partition coefficient (Wildman–Crippen LogP) is 1.74. The number of amides is 1. The second-order valence-electron chi connectivity index (χ2n) is 5.10. The summed E-state index contributed by atoms with van der Waals surface area (Å²) in [5.41, 5.74) is -0.266. The molecule has 1 aliphatic heterocycles. The van der Waals surface area contributed by atoms with E-state index in [2.05, 4.69) is 5.32 Å². The summed E-state index contributed by atoms with van der Waals surface area (Å²) in [7, 11) is 0. The SMILES string of the molecule is CC(C)(C)NC(=O)[C@H]1COc2ccccc2O1. The first-order valence-electron chi connectivity index (χ1n) is 5.66. The van der Waals surface area contributed by atoms with E-state index in [0.717, 1.165) is 0 Å². The highest BCUT2D eigenvalue weighted by atomic mass is 16.6. The van der Waals surface area contributed by atoms with Crippen LogP contribution in [0.25, 0.3) is 0 Å². The maximum atomic E-state index is 11.9. The van der Waals surface area contributed by atoms with Gasteiger partial charge in [0.15, 0.2) is 11.5 Å². The molecule has 0 saturated carbocycles. The van der Waals surface area contributed by atoms with Crippen molar-refractivity contribution in [1.82, 2.24) is 5.32 Å². The summed E-state index contributed by atoms with van der Waals surface area (Å²) in [6, 6.07) is 7.35. The Morgan fingerprint density at radius 1 is 1.29 bits per heavy atom. The van der Waals surface area contributed by atoms with Crippen LogP contribution in [-0.4, -0.2) is 24.2 Å². The van der Waals surface area contributed by atoms with Gasteiger partial charge in [-0.05, 0) is 32.9 Å². The van der Waals surface area contributed by atoms with Crippen LogP contribution in [0.4, 0.5) is 0 Å². The molecule has 0 saturated heterocycles. The van der Waals surface area contributed by atoms with Crippen molar-refractivity contribution in [3.63, 3.8) is 0 Å². The number of rotatable bonds is 1. The zero-order valence-electron chi connectivity index (χ0n) is 10.3. The van der Waals surface area contributed by atoms with Gasteiger partial charge in [0.1, 0.15) is 6.61 Å². The zero-order valence-corrected chi connectivity index (χ0v) is 10.3. The summed E-state index contributed by atoms with van der Waals surface area (Å²) in [6.07, 6.45) is -0.580. The van der Waals surface area contributed by atoms with Crippen LogP contribution in [-0.2, 0) is 4.79 Å². The molecule has 4 nitrogen and oxygen atoms in total. The Morgan fingerprint density at radius 2 is 1.94 bits per heavy atom. The van der Waals surface area contributed by atoms with Gasteiger partial charge in [0.25, 0.3) is 5.91 Å². The fourth-order valence-corrected chi connectivity index (χ4v) is 1.60. The Bertz CT molecular complexity index is 423. The van der Waals surface area contributed by atoms with Crippen LogP contribution < -0.4 is 14.8 Å². The lowest BCUT2D eigenvalue weighted by Crippen LogP contribution is -2.50. The van der Waals surface area contributed by atoms with Gasteiger partial charge in [-0.15, -0.1) is 0 Å². The molecule has 0 fully saturated rings. The molecule has 1 atom stereocenters. The largest absolute Gasteiger partial charge is 0.485 e. The first-order valence-corrected chi connectivity index (χ1v) is 5.66. The van der Waals surface area contributed by atoms with Gasteiger partial charge in [-0.25, -0.2) is 0 Å². The molecule has 4 heteroatoms. The van der Waals surface area contributed by atoms with Gasteiger partial charge in [0.2, 0.25) is 6.10 Å². The molecular formula is C13H17NO3. The quantitative estimate of drug-likeness (QED) is 0.806. The minimum absolute atomic E-state index is 0.146. The summed E-state index contributed by atoms with van der Waals surface area (Å²) in [6.45, 7) is 6.05. The number of para-hydroxylation sites is 2. The molecule has 0 unspecified atom stereocenters. The molecule has 1 N–H and O–H groups in total. The maximum absolute atomic E-state index is 11.9. The van der Waals surface area contributed by atoms with Gasteiger partial charge in [-0.3, -0.25) is 4.79 Å². The molecular weight excluding hydrogens is 218 g/mol. The van der Waals surface area contributed by atoms with Crippen molar-refractivity contribution in [3.8, 4) is 11.5 Å². The second-order valence-corrected chi connectivity index (χ2v) is 5.10. The van der Waals surface area contributed by atoms with E-state index in [4.69, 9.17) is 9.47 Å². The highest BCUT2D eigenvalue weighted by Gasteiger charge is 2.29. The van der Waals surface area contributed by atoms with Gasteiger partial charge in [-0.2, -0.15) is 0 Å². The van der Waals surface area contributed by atoms with Crippen molar-refractivity contribution in [2.75, 3.05) is 6.61 Å². The van der Waals surface area contributed by atoms with E-state index in [1.54, 1.807) is 6.07 Å². The average Bonchev–Trinajstić information content (AvgIpc) is 2.26. The summed E-state index contributed by atoms with van der Waals surface area (Å²) in [5.74, 6) is 1.16. The molecule has 92 valence electrons. The van der Waals surface area contributed by atoms with Crippen molar-refractivity contribution < 1.29 is 14.3 Å². The normalized spacial score (nSPS) is 18.6. The van der Waals surface area contributed by atoms with Crippen LogP contribution in [0.1, 0.15) is 20.8 Å². The van der Waals surface area contributed by atoms with Gasteiger partial charge < -0.3 is 14.8 Å². The van der Waals surface area contributed by atoms with Crippen LogP contribution >= 0.6 is 0 Å². The van der Waals surface area contributed by atoms with E-state index < -0.39 is 6.10 Å². The Labute approximate surface area is 101 Å². The van der Waals surface area contributed by atoms with Crippen LogP contribution in [0.2, 0.25) is 0 Å². The monoisotopic (exact) mass is 235 g/mol. The molecule has 0 aliphatic carbocycles. The molecule has 1 aliphatic rings. The fourth-order valence-electron chi connectivity index (χ4n) is 1.60. The Morgan fingerprint density at radius 3 is 2.59 bits per heavy atom. The van der Waals surface area contributed by atoms with Crippen LogP contribution in [0.15, 0.2) is 24.3 Å². The van der Waals surface area contributed by atoms with E-state index in [9.17, 15) is 4.79 Å². The van der Waals surface area contributed by atoms with Crippen molar-refractivity contribution in [1.29, 1.82) is 0 Å². The molecule has 1 amide bonds. The topological polar surface area (TPSA) is 47.6 Å². The summed E-state index contributed by atoms with van der Waals surface area (Å²) in [4.78, 5) is 11.9. The molecule has 1 heterocycles. The number of carbonyl (C=O) groups is 1. The van der Waals surface area contributed by atoms with Crippen molar-refractivity contribution in [2.45, 2.75) is 32.4 Å². The minimum atomic E-state index is -0.580. The summed E-state index contributed by atoms with van der Waals surface area (Å²) in [5, 5.41) is 2.88. The number of benzene rings is 1. The van der Waals surface area contributed by atoms with Crippen LogP contribution in [0.3, 0.4) is 0 Å². The Hall–Kier alpha value is -1.71. The lowest BCUT2D eigenvalue weighted by Gasteiger charge is -2.28. The maximum Gasteiger partial charge on any atom is 0.265 e. The average molecular weight is 235 g/mol. The van der Waals surface area contributed by atoms with E-state index in [1.165, 1.54) is 0 Å². The molecule has 0 aromatic heterocycles. The predicted molar refractivity (Wildman–Crippen MR) is 64.2 cm³/mol.